The van der Waals surface area contributed by atoms with Crippen LogP contribution in [0.1, 0.15) is 29.9 Å². The first-order chi connectivity index (χ1) is 12.4. The van der Waals surface area contributed by atoms with Gasteiger partial charge in [-0.3, -0.25) is 4.98 Å². The van der Waals surface area contributed by atoms with E-state index in [2.05, 4.69) is 73.1 Å². The monoisotopic (exact) mass is 361 g/mol. The Hall–Kier alpha value is -2.00. The molecule has 3 heteroatoms. The Morgan fingerprint density at radius 1 is 1.08 bits per heavy atom. The van der Waals surface area contributed by atoms with Crippen LogP contribution in [0, 0.1) is 6.92 Å². The minimum atomic E-state index is -0.895. The van der Waals surface area contributed by atoms with Crippen LogP contribution in [-0.2, 0) is 7.05 Å². The summed E-state index contributed by atoms with van der Waals surface area (Å²) >= 11 is 0. The van der Waals surface area contributed by atoms with Crippen LogP contribution in [0.15, 0.2) is 48.9 Å². The van der Waals surface area contributed by atoms with Crippen molar-refractivity contribution in [3.8, 4) is 11.3 Å². The molecule has 26 heavy (non-hydrogen) atoms. The maximum absolute atomic E-state index is 4.26. The minimum absolute atomic E-state index is 0.750. The van der Waals surface area contributed by atoms with Crippen LogP contribution < -0.4 is 4.57 Å². The zero-order valence-corrected chi connectivity index (χ0v) is 17.4. The average Bonchev–Trinajstić information content (AvgIpc) is 2.62. The van der Waals surface area contributed by atoms with E-state index in [0.717, 1.165) is 5.92 Å². The zero-order chi connectivity index (χ0) is 18.3. The van der Waals surface area contributed by atoms with Crippen molar-refractivity contribution in [2.75, 3.05) is 0 Å². The van der Waals surface area contributed by atoms with E-state index in [4.69, 9.17) is 0 Å². The van der Waals surface area contributed by atoms with Crippen molar-refractivity contribution in [1.29, 1.82) is 0 Å². The van der Waals surface area contributed by atoms with Crippen molar-refractivity contribution in [3.63, 3.8) is 0 Å². The second-order valence-corrected chi connectivity index (χ2v) is 14.1. The summed E-state index contributed by atoms with van der Waals surface area (Å²) < 4.78 is 2.24. The molecule has 2 aromatic heterocycles. The van der Waals surface area contributed by atoms with Gasteiger partial charge in [-0.2, -0.15) is 0 Å². The molecule has 0 saturated carbocycles. The maximum atomic E-state index is 4.26. The Morgan fingerprint density at radius 2 is 1.85 bits per heavy atom. The predicted octanol–water partition coefficient (Wildman–Crippen LogP) is 5.62. The number of pyridine rings is 2. The van der Waals surface area contributed by atoms with Crippen molar-refractivity contribution < 1.29 is 4.57 Å². The summed E-state index contributed by atoms with van der Waals surface area (Å²) in [7, 11) is 1.24. The van der Waals surface area contributed by atoms with Crippen LogP contribution in [0.25, 0.3) is 22.0 Å². The van der Waals surface area contributed by atoms with E-state index < -0.39 is 8.07 Å². The molecule has 1 fully saturated rings. The number of rotatable bonds is 2. The van der Waals surface area contributed by atoms with Crippen LogP contribution in [-0.4, -0.2) is 13.1 Å². The van der Waals surface area contributed by atoms with Gasteiger partial charge in [0.15, 0.2) is 6.20 Å². The van der Waals surface area contributed by atoms with Gasteiger partial charge < -0.3 is 0 Å². The van der Waals surface area contributed by atoms with E-state index >= 15 is 0 Å². The molecule has 3 heterocycles. The summed E-state index contributed by atoms with van der Waals surface area (Å²) in [6, 6.07) is 14.5. The zero-order valence-electron chi connectivity index (χ0n) is 16.4. The molecule has 0 amide bonds. The van der Waals surface area contributed by atoms with E-state index in [1.54, 1.807) is 0 Å². The SMILES string of the molecule is Cc1cnccc1-c1c2ccc(C3CC[Si](C)(C)CC3)cc2cc[n+]1C. The Morgan fingerprint density at radius 3 is 2.58 bits per heavy atom. The highest BCUT2D eigenvalue weighted by atomic mass is 28.3. The van der Waals surface area contributed by atoms with Crippen molar-refractivity contribution in [2.24, 2.45) is 7.05 Å². The van der Waals surface area contributed by atoms with Crippen molar-refractivity contribution in [3.05, 3.63) is 60.0 Å². The lowest BCUT2D eigenvalue weighted by Gasteiger charge is -2.33. The fraction of sp³-hybridized carbons (Fsp3) is 0.391. The van der Waals surface area contributed by atoms with Gasteiger partial charge in [0.1, 0.15) is 7.05 Å². The Bertz CT molecular complexity index is 952. The molecule has 2 nitrogen and oxygen atoms in total. The predicted molar refractivity (Wildman–Crippen MR) is 112 cm³/mol. The summed E-state index contributed by atoms with van der Waals surface area (Å²) in [5, 5.41) is 2.69. The summed E-state index contributed by atoms with van der Waals surface area (Å²) in [5.41, 5.74) is 5.31. The molecule has 1 aliphatic heterocycles. The van der Waals surface area contributed by atoms with Crippen LogP contribution in [0.3, 0.4) is 0 Å². The van der Waals surface area contributed by atoms with Gasteiger partial charge in [0, 0.05) is 26.5 Å². The molecule has 134 valence electrons. The van der Waals surface area contributed by atoms with Crippen LogP contribution in [0.4, 0.5) is 0 Å². The summed E-state index contributed by atoms with van der Waals surface area (Å²) in [4.78, 5) is 4.26. The average molecular weight is 362 g/mol. The van der Waals surface area contributed by atoms with Crippen LogP contribution >= 0.6 is 0 Å². The minimum Gasteiger partial charge on any atom is -0.264 e. The molecule has 0 spiro atoms. The molecule has 0 unspecified atom stereocenters. The third kappa shape index (κ3) is 3.21. The second-order valence-electron chi connectivity index (χ2n) is 8.75. The number of hydrogen-bond donors (Lipinski definition) is 0. The highest BCUT2D eigenvalue weighted by Gasteiger charge is 2.29. The topological polar surface area (TPSA) is 16.8 Å². The fourth-order valence-electron chi connectivity index (χ4n) is 4.45. The van der Waals surface area contributed by atoms with Crippen molar-refractivity contribution in [2.45, 2.75) is 50.9 Å². The number of fused-ring (bicyclic) bond motifs is 1. The molecular weight excluding hydrogens is 332 g/mol. The van der Waals surface area contributed by atoms with Crippen LogP contribution in [0.5, 0.6) is 0 Å². The lowest BCUT2D eigenvalue weighted by Crippen LogP contribution is -2.31. The third-order valence-corrected chi connectivity index (χ3v) is 9.53. The molecule has 0 bridgehead atoms. The Kier molecular flexibility index (Phi) is 4.43. The standard InChI is InChI=1S/C23H29N2Si/c1-17-16-24-11-7-21(17)23-22-6-5-19(15-20(22)8-12-25(23)2)18-9-13-26(3,4)14-10-18/h5-8,11-12,15-16,18H,9-10,13-14H2,1-4H3/q+1. The number of aromatic nitrogens is 2. The van der Waals surface area contributed by atoms with E-state index in [9.17, 15) is 0 Å². The number of benzene rings is 1. The molecular formula is C23H29N2Si+. The molecule has 0 N–H and O–H groups in total. The first-order valence-electron chi connectivity index (χ1n) is 9.78. The molecule has 0 aliphatic carbocycles. The van der Waals surface area contributed by atoms with Gasteiger partial charge in [-0.25, -0.2) is 4.57 Å². The molecule has 3 aromatic rings. The first-order valence-corrected chi connectivity index (χ1v) is 13.2. The molecule has 4 rings (SSSR count). The summed E-state index contributed by atoms with van der Waals surface area (Å²) in [6.07, 6.45) is 8.79. The van der Waals surface area contributed by atoms with E-state index in [1.165, 1.54) is 58.1 Å². The molecule has 1 aromatic carbocycles. The highest BCUT2D eigenvalue weighted by molar-refractivity contribution is 6.77. The van der Waals surface area contributed by atoms with Gasteiger partial charge in [0.2, 0.25) is 5.69 Å². The van der Waals surface area contributed by atoms with E-state index in [1.807, 2.05) is 12.4 Å². The number of nitrogens with zero attached hydrogens (tertiary/aromatic N) is 2. The van der Waals surface area contributed by atoms with Crippen molar-refractivity contribution in [1.82, 2.24) is 4.98 Å². The van der Waals surface area contributed by atoms with Gasteiger partial charge in [0.05, 0.1) is 10.9 Å². The first kappa shape index (κ1) is 17.4. The molecule has 1 aliphatic rings. The van der Waals surface area contributed by atoms with E-state index in [0.29, 0.717) is 0 Å². The summed E-state index contributed by atoms with van der Waals surface area (Å²) in [5.74, 6) is 0.750. The van der Waals surface area contributed by atoms with Gasteiger partial charge in [-0.05, 0) is 54.3 Å². The van der Waals surface area contributed by atoms with Gasteiger partial charge >= 0.3 is 0 Å². The second kappa shape index (κ2) is 6.62. The summed E-state index contributed by atoms with van der Waals surface area (Å²) in [6.45, 7) is 7.24. The van der Waals surface area contributed by atoms with E-state index in [-0.39, 0.29) is 0 Å². The maximum Gasteiger partial charge on any atom is 0.220 e. The van der Waals surface area contributed by atoms with Gasteiger partial charge in [-0.15, -0.1) is 0 Å². The smallest absolute Gasteiger partial charge is 0.220 e. The number of aryl methyl sites for hydroxylation is 2. The fourth-order valence-corrected chi connectivity index (χ4v) is 6.96. The van der Waals surface area contributed by atoms with Gasteiger partial charge in [-0.1, -0.05) is 37.3 Å². The Balaban J connectivity index is 1.77. The lowest BCUT2D eigenvalue weighted by molar-refractivity contribution is -0.659. The number of hydrogen-bond acceptors (Lipinski definition) is 1. The molecule has 0 atom stereocenters. The highest BCUT2D eigenvalue weighted by Crippen LogP contribution is 2.39. The largest absolute Gasteiger partial charge is 0.264 e. The van der Waals surface area contributed by atoms with Crippen LogP contribution in [0.2, 0.25) is 25.2 Å². The van der Waals surface area contributed by atoms with Crippen molar-refractivity contribution >= 4 is 18.8 Å². The lowest BCUT2D eigenvalue weighted by atomic mass is 9.91. The third-order valence-electron chi connectivity index (χ3n) is 6.25. The molecule has 0 radical (unpaired) electrons. The molecule has 1 saturated heterocycles. The van der Waals surface area contributed by atoms with Gasteiger partial charge in [0.25, 0.3) is 0 Å². The normalized spacial score (nSPS) is 17.5. The Labute approximate surface area is 157 Å². The quantitative estimate of drug-likeness (QED) is 0.427.